The van der Waals surface area contributed by atoms with Crippen LogP contribution >= 0.6 is 15.9 Å². The molecule has 0 aromatic heterocycles. The third-order valence-electron chi connectivity index (χ3n) is 6.30. The summed E-state index contributed by atoms with van der Waals surface area (Å²) in [6.45, 7) is 4.59. The van der Waals surface area contributed by atoms with Crippen LogP contribution in [0.5, 0.6) is 0 Å². The molecule has 0 saturated carbocycles. The number of piperidine rings is 1. The van der Waals surface area contributed by atoms with Crippen molar-refractivity contribution >= 4 is 32.8 Å². The van der Waals surface area contributed by atoms with Gasteiger partial charge in [0.15, 0.2) is 0 Å². The van der Waals surface area contributed by atoms with E-state index in [1.807, 2.05) is 0 Å². The molecule has 2 nitrogen and oxygen atoms in total. The van der Waals surface area contributed by atoms with Gasteiger partial charge in [-0.15, -0.1) is 0 Å². The van der Waals surface area contributed by atoms with Gasteiger partial charge in [0.2, 0.25) is 0 Å². The Morgan fingerprint density at radius 2 is 1.42 bits per heavy atom. The molecular weight excluding hydrogens is 446 g/mol. The maximum Gasteiger partial charge on any atom is 0.0460 e. The second-order valence-electron chi connectivity index (χ2n) is 8.24. The molecule has 1 fully saturated rings. The van der Waals surface area contributed by atoms with Gasteiger partial charge in [-0.25, -0.2) is 0 Å². The molecule has 1 aliphatic rings. The molecule has 1 saturated heterocycles. The topological polar surface area (TPSA) is 23.5 Å². The van der Waals surface area contributed by atoms with Crippen molar-refractivity contribution in [1.29, 1.82) is 0 Å². The van der Waals surface area contributed by atoms with Crippen LogP contribution in [0.3, 0.4) is 0 Å². The first-order valence-electron chi connectivity index (χ1n) is 11.2. The van der Waals surface area contributed by atoms with E-state index >= 15 is 0 Å². The average molecular weight is 476 g/mol. The van der Waals surface area contributed by atoms with E-state index in [4.69, 9.17) is 0 Å². The van der Waals surface area contributed by atoms with Crippen LogP contribution in [0.4, 0.5) is 5.69 Å². The van der Waals surface area contributed by atoms with E-state index in [1.54, 1.807) is 0 Å². The quantitative estimate of drug-likeness (QED) is 0.386. The lowest BCUT2D eigenvalue weighted by molar-refractivity contribution is 0.203. The molecule has 1 aliphatic heterocycles. The molecule has 1 N–H and O–H groups in total. The summed E-state index contributed by atoms with van der Waals surface area (Å²) < 4.78 is 1.09. The minimum Gasteiger partial charge on any atom is -0.396 e. The molecule has 0 radical (unpaired) electrons. The number of nitrogens with zero attached hydrogens (tertiary/aromatic N) is 1. The maximum absolute atomic E-state index is 9.41. The van der Waals surface area contributed by atoms with Gasteiger partial charge in [-0.1, -0.05) is 77.5 Å². The molecule has 3 heteroatoms. The van der Waals surface area contributed by atoms with Crippen molar-refractivity contribution in [2.75, 3.05) is 24.6 Å². The van der Waals surface area contributed by atoms with Gasteiger partial charge in [0.25, 0.3) is 0 Å². The molecule has 0 amide bonds. The third-order valence-corrected chi connectivity index (χ3v) is 6.83. The zero-order valence-electron chi connectivity index (χ0n) is 18.1. The minimum absolute atomic E-state index is 0.313. The van der Waals surface area contributed by atoms with Gasteiger partial charge < -0.3 is 10.0 Å². The van der Waals surface area contributed by atoms with Crippen molar-refractivity contribution in [3.05, 3.63) is 100 Å². The second-order valence-corrected chi connectivity index (χ2v) is 9.16. The molecule has 0 aliphatic carbocycles. The summed E-state index contributed by atoms with van der Waals surface area (Å²) in [6.07, 6.45) is 3.10. The van der Waals surface area contributed by atoms with Crippen molar-refractivity contribution in [3.63, 3.8) is 0 Å². The summed E-state index contributed by atoms with van der Waals surface area (Å²) in [6, 6.07) is 28.4. The van der Waals surface area contributed by atoms with Crippen LogP contribution in [0.15, 0.2) is 83.3 Å². The Morgan fingerprint density at radius 3 is 1.97 bits per heavy atom. The Labute approximate surface area is 194 Å². The summed E-state index contributed by atoms with van der Waals surface area (Å²) in [5.74, 6) is 0.459. The number of hydrogen-bond acceptors (Lipinski definition) is 2. The predicted octanol–water partition coefficient (Wildman–Crippen LogP) is 7.03. The summed E-state index contributed by atoms with van der Waals surface area (Å²) in [5, 5.41) is 9.41. The first-order valence-corrected chi connectivity index (χ1v) is 12.0. The molecule has 0 atom stereocenters. The van der Waals surface area contributed by atoms with Crippen molar-refractivity contribution < 1.29 is 5.11 Å². The number of allylic oxidation sites excluding steroid dienone is 1. The summed E-state index contributed by atoms with van der Waals surface area (Å²) >= 11 is 3.58. The van der Waals surface area contributed by atoms with Gasteiger partial charge in [0, 0.05) is 29.9 Å². The highest BCUT2D eigenvalue weighted by atomic mass is 79.9. The number of hydrogen-bond donors (Lipinski definition) is 1. The van der Waals surface area contributed by atoms with E-state index in [0.717, 1.165) is 36.8 Å². The molecule has 0 bridgehead atoms. The highest BCUT2D eigenvalue weighted by Gasteiger charge is 2.19. The molecule has 160 valence electrons. The monoisotopic (exact) mass is 475 g/mol. The van der Waals surface area contributed by atoms with Gasteiger partial charge in [-0.05, 0) is 77.3 Å². The van der Waals surface area contributed by atoms with Gasteiger partial charge >= 0.3 is 0 Å². The molecule has 31 heavy (non-hydrogen) atoms. The van der Waals surface area contributed by atoms with E-state index in [1.165, 1.54) is 33.5 Å². The summed E-state index contributed by atoms with van der Waals surface area (Å²) in [5.41, 5.74) is 7.69. The lowest BCUT2D eigenvalue weighted by Gasteiger charge is -2.33. The van der Waals surface area contributed by atoms with Crippen LogP contribution in [0, 0.1) is 5.92 Å². The maximum atomic E-state index is 9.41. The Balaban J connectivity index is 1.72. The highest BCUT2D eigenvalue weighted by Crippen LogP contribution is 2.36. The molecule has 4 rings (SSSR count). The van der Waals surface area contributed by atoms with Gasteiger partial charge in [-0.3, -0.25) is 0 Å². The van der Waals surface area contributed by atoms with Crippen LogP contribution in [0.25, 0.3) is 11.1 Å². The summed E-state index contributed by atoms with van der Waals surface area (Å²) in [4.78, 5) is 2.44. The lowest BCUT2D eigenvalue weighted by atomic mass is 9.88. The van der Waals surface area contributed by atoms with Crippen LogP contribution in [0.2, 0.25) is 0 Å². The van der Waals surface area contributed by atoms with E-state index in [2.05, 4.69) is 107 Å². The Kier molecular flexibility index (Phi) is 7.26. The van der Waals surface area contributed by atoms with Crippen molar-refractivity contribution in [3.8, 4) is 0 Å². The van der Waals surface area contributed by atoms with Crippen LogP contribution in [-0.2, 0) is 0 Å². The minimum atomic E-state index is 0.313. The number of anilines is 1. The van der Waals surface area contributed by atoms with Crippen molar-refractivity contribution in [2.45, 2.75) is 26.2 Å². The van der Waals surface area contributed by atoms with E-state index < -0.39 is 0 Å². The molecule has 1 heterocycles. The number of aliphatic hydroxyl groups excluding tert-OH is 1. The zero-order valence-corrected chi connectivity index (χ0v) is 19.7. The average Bonchev–Trinajstić information content (AvgIpc) is 2.84. The van der Waals surface area contributed by atoms with Crippen molar-refractivity contribution in [2.24, 2.45) is 5.92 Å². The molecule has 0 unspecified atom stereocenters. The molecule has 3 aromatic rings. The predicted molar refractivity (Wildman–Crippen MR) is 135 cm³/mol. The fourth-order valence-corrected chi connectivity index (χ4v) is 4.77. The SMILES string of the molecule is CC/C(=C(\c1ccc(Br)cc1)c1ccc(N2CCC(CO)CC2)cc1)c1ccccc1. The smallest absolute Gasteiger partial charge is 0.0460 e. The molecule has 0 spiro atoms. The summed E-state index contributed by atoms with van der Waals surface area (Å²) in [7, 11) is 0. The van der Waals surface area contributed by atoms with Crippen LogP contribution in [0.1, 0.15) is 42.9 Å². The third kappa shape index (κ3) is 5.11. The Bertz CT molecular complexity index is 1000. The fourth-order valence-electron chi connectivity index (χ4n) is 4.51. The first kappa shape index (κ1) is 21.9. The number of aliphatic hydroxyl groups is 1. The van der Waals surface area contributed by atoms with Crippen LogP contribution < -0.4 is 4.90 Å². The first-order chi connectivity index (χ1) is 15.2. The lowest BCUT2D eigenvalue weighted by Crippen LogP contribution is -2.34. The van der Waals surface area contributed by atoms with E-state index in [-0.39, 0.29) is 0 Å². The normalized spacial score (nSPS) is 15.6. The van der Waals surface area contributed by atoms with Gasteiger partial charge in [-0.2, -0.15) is 0 Å². The second kappa shape index (κ2) is 10.3. The van der Waals surface area contributed by atoms with Gasteiger partial charge in [0.1, 0.15) is 0 Å². The molecular formula is C28H30BrNO. The Morgan fingerprint density at radius 1 is 0.839 bits per heavy atom. The fraction of sp³-hybridized carbons (Fsp3) is 0.286. The number of rotatable bonds is 6. The highest BCUT2D eigenvalue weighted by molar-refractivity contribution is 9.10. The number of benzene rings is 3. The zero-order chi connectivity index (χ0) is 21.6. The largest absolute Gasteiger partial charge is 0.396 e. The number of halogens is 1. The van der Waals surface area contributed by atoms with E-state index in [0.29, 0.717) is 12.5 Å². The van der Waals surface area contributed by atoms with Gasteiger partial charge in [0.05, 0.1) is 0 Å². The Hall–Kier alpha value is -2.36. The van der Waals surface area contributed by atoms with Crippen molar-refractivity contribution in [1.82, 2.24) is 0 Å². The molecule has 3 aromatic carbocycles. The van der Waals surface area contributed by atoms with E-state index in [9.17, 15) is 5.11 Å². The standard InChI is InChI=1S/C28H30BrNO/c1-2-27(22-6-4-3-5-7-22)28(23-8-12-25(29)13-9-23)24-10-14-26(15-11-24)30-18-16-21(20-31)17-19-30/h3-15,21,31H,2,16-20H2,1H3/b28-27-. The van der Waals surface area contributed by atoms with Crippen LogP contribution in [-0.4, -0.2) is 24.8 Å².